The third-order valence-corrected chi connectivity index (χ3v) is 3.50. The molecule has 2 atom stereocenters. The lowest BCUT2D eigenvalue weighted by atomic mass is 9.95. The van der Waals surface area contributed by atoms with Crippen LogP contribution in [0.5, 0.6) is 0 Å². The molecule has 0 amide bonds. The Hall–Kier alpha value is -0.900. The molecule has 0 saturated heterocycles. The maximum absolute atomic E-state index is 5.38. The minimum Gasteiger partial charge on any atom is -0.339 e. The first-order valence-corrected chi connectivity index (χ1v) is 6.35. The quantitative estimate of drug-likeness (QED) is 0.799. The van der Waals surface area contributed by atoms with Gasteiger partial charge < -0.3 is 9.84 Å². The third-order valence-electron chi connectivity index (χ3n) is 3.50. The van der Waals surface area contributed by atoms with E-state index >= 15 is 0 Å². The van der Waals surface area contributed by atoms with Crippen LogP contribution in [0.2, 0.25) is 0 Å². The third kappa shape index (κ3) is 2.43. The molecule has 1 heterocycles. The van der Waals surface area contributed by atoms with Gasteiger partial charge in [-0.2, -0.15) is 4.98 Å². The number of hydrogen-bond acceptors (Lipinski definition) is 4. The normalized spacial score (nSPS) is 26.6. The molecule has 1 aromatic heterocycles. The van der Waals surface area contributed by atoms with Crippen molar-refractivity contribution in [3.05, 3.63) is 11.7 Å². The fourth-order valence-electron chi connectivity index (χ4n) is 2.51. The van der Waals surface area contributed by atoms with E-state index in [4.69, 9.17) is 4.52 Å². The molecule has 2 rings (SSSR count). The second-order valence-corrected chi connectivity index (χ2v) is 4.54. The number of rotatable bonds is 3. The molecule has 1 aromatic rings. The maximum atomic E-state index is 5.38. The summed E-state index contributed by atoms with van der Waals surface area (Å²) in [5, 5.41) is 7.39. The fourth-order valence-corrected chi connectivity index (χ4v) is 2.51. The first-order valence-electron chi connectivity index (χ1n) is 6.35. The molecule has 1 saturated carbocycles. The summed E-state index contributed by atoms with van der Waals surface area (Å²) in [5.41, 5.74) is 0. The molecule has 0 bridgehead atoms. The number of nitrogens with zero attached hydrogens (tertiary/aromatic N) is 2. The van der Waals surface area contributed by atoms with E-state index in [0.717, 1.165) is 24.6 Å². The Morgan fingerprint density at radius 2 is 2.12 bits per heavy atom. The Kier molecular flexibility index (Phi) is 3.93. The van der Waals surface area contributed by atoms with Crippen molar-refractivity contribution in [3.8, 4) is 0 Å². The number of aromatic nitrogens is 2. The Labute approximate surface area is 96.8 Å². The molecule has 4 heteroatoms. The number of likely N-dealkylation sites (N-methyl/N-ethyl adjacent to an activating group) is 1. The lowest BCUT2D eigenvalue weighted by Crippen LogP contribution is -2.31. The second-order valence-electron chi connectivity index (χ2n) is 4.54. The Balaban J connectivity index is 2.14. The van der Waals surface area contributed by atoms with E-state index in [0.29, 0.717) is 12.0 Å². The van der Waals surface area contributed by atoms with E-state index in [-0.39, 0.29) is 0 Å². The molecule has 0 aromatic carbocycles. The van der Waals surface area contributed by atoms with Gasteiger partial charge in [-0.1, -0.05) is 31.3 Å². The molecule has 1 aliphatic rings. The molecule has 0 spiro atoms. The highest BCUT2D eigenvalue weighted by molar-refractivity contribution is 5.00. The van der Waals surface area contributed by atoms with Crippen molar-refractivity contribution in [1.29, 1.82) is 0 Å². The SMILES string of the molecule is CCc1noc(C2CCCCCC2NC)n1. The van der Waals surface area contributed by atoms with E-state index in [1.54, 1.807) is 0 Å². The molecule has 0 aliphatic heterocycles. The topological polar surface area (TPSA) is 51.0 Å². The van der Waals surface area contributed by atoms with E-state index in [1.165, 1.54) is 25.7 Å². The number of hydrogen-bond donors (Lipinski definition) is 1. The molecule has 2 unspecified atom stereocenters. The van der Waals surface area contributed by atoms with Crippen LogP contribution in [0.1, 0.15) is 56.7 Å². The monoisotopic (exact) mass is 223 g/mol. The van der Waals surface area contributed by atoms with Gasteiger partial charge in [0.15, 0.2) is 5.82 Å². The molecule has 0 radical (unpaired) electrons. The van der Waals surface area contributed by atoms with Gasteiger partial charge in [-0.05, 0) is 19.9 Å². The first kappa shape index (κ1) is 11.6. The minimum atomic E-state index is 0.403. The van der Waals surface area contributed by atoms with Gasteiger partial charge in [0.2, 0.25) is 5.89 Å². The second kappa shape index (κ2) is 5.43. The van der Waals surface area contributed by atoms with Gasteiger partial charge in [0, 0.05) is 12.5 Å². The molecule has 1 aliphatic carbocycles. The van der Waals surface area contributed by atoms with Gasteiger partial charge in [0.25, 0.3) is 0 Å². The highest BCUT2D eigenvalue weighted by Crippen LogP contribution is 2.30. The highest BCUT2D eigenvalue weighted by Gasteiger charge is 2.28. The van der Waals surface area contributed by atoms with E-state index in [9.17, 15) is 0 Å². The highest BCUT2D eigenvalue weighted by atomic mass is 16.5. The van der Waals surface area contributed by atoms with Gasteiger partial charge in [0.1, 0.15) is 0 Å². The largest absolute Gasteiger partial charge is 0.339 e. The fraction of sp³-hybridized carbons (Fsp3) is 0.833. The van der Waals surface area contributed by atoms with E-state index < -0.39 is 0 Å². The molecular weight excluding hydrogens is 202 g/mol. The molecule has 16 heavy (non-hydrogen) atoms. The molecule has 1 N–H and O–H groups in total. The zero-order valence-electron chi connectivity index (χ0n) is 10.2. The van der Waals surface area contributed by atoms with Crippen LogP contribution in [0.15, 0.2) is 4.52 Å². The van der Waals surface area contributed by atoms with Crippen molar-refractivity contribution in [3.63, 3.8) is 0 Å². The van der Waals surface area contributed by atoms with Crippen molar-refractivity contribution in [2.24, 2.45) is 0 Å². The first-order chi connectivity index (χ1) is 7.85. The summed E-state index contributed by atoms with van der Waals surface area (Å²) >= 11 is 0. The standard InChI is InChI=1S/C12H21N3O/c1-3-11-14-12(16-15-11)9-7-5-4-6-8-10(9)13-2/h9-10,13H,3-8H2,1-2H3. The van der Waals surface area contributed by atoms with E-state index in [2.05, 4.69) is 22.4 Å². The van der Waals surface area contributed by atoms with Crippen LogP contribution >= 0.6 is 0 Å². The summed E-state index contributed by atoms with van der Waals surface area (Å²) in [4.78, 5) is 4.47. The summed E-state index contributed by atoms with van der Waals surface area (Å²) in [5.74, 6) is 2.06. The summed E-state index contributed by atoms with van der Waals surface area (Å²) in [6, 6.07) is 0.493. The predicted octanol–water partition coefficient (Wildman–Crippen LogP) is 2.27. The van der Waals surface area contributed by atoms with Gasteiger partial charge in [-0.15, -0.1) is 0 Å². The molecule has 4 nitrogen and oxygen atoms in total. The predicted molar refractivity (Wildman–Crippen MR) is 62.3 cm³/mol. The van der Waals surface area contributed by atoms with Crippen molar-refractivity contribution >= 4 is 0 Å². The summed E-state index contributed by atoms with van der Waals surface area (Å²) in [7, 11) is 2.03. The Bertz CT molecular complexity index is 324. The lowest BCUT2D eigenvalue weighted by Gasteiger charge is -2.20. The average molecular weight is 223 g/mol. The number of aryl methyl sites for hydroxylation is 1. The molecule has 1 fully saturated rings. The van der Waals surface area contributed by atoms with Crippen LogP contribution in [-0.4, -0.2) is 23.2 Å². The van der Waals surface area contributed by atoms with Crippen molar-refractivity contribution < 1.29 is 4.52 Å². The van der Waals surface area contributed by atoms with Crippen molar-refractivity contribution in [1.82, 2.24) is 15.5 Å². The van der Waals surface area contributed by atoms with E-state index in [1.807, 2.05) is 7.05 Å². The van der Waals surface area contributed by atoms with Gasteiger partial charge in [0.05, 0.1) is 5.92 Å². The zero-order valence-corrected chi connectivity index (χ0v) is 10.2. The van der Waals surface area contributed by atoms with Crippen molar-refractivity contribution in [2.75, 3.05) is 7.05 Å². The zero-order chi connectivity index (χ0) is 11.4. The van der Waals surface area contributed by atoms with Gasteiger partial charge in [-0.3, -0.25) is 0 Å². The Morgan fingerprint density at radius 3 is 2.81 bits per heavy atom. The lowest BCUT2D eigenvalue weighted by molar-refractivity contribution is 0.309. The molecular formula is C12H21N3O. The Morgan fingerprint density at radius 1 is 1.31 bits per heavy atom. The van der Waals surface area contributed by atoms with Crippen LogP contribution < -0.4 is 5.32 Å². The summed E-state index contributed by atoms with van der Waals surface area (Å²) in [6.45, 7) is 2.05. The van der Waals surface area contributed by atoms with Gasteiger partial charge in [-0.25, -0.2) is 0 Å². The smallest absolute Gasteiger partial charge is 0.231 e. The van der Waals surface area contributed by atoms with Gasteiger partial charge >= 0.3 is 0 Å². The van der Waals surface area contributed by atoms with Crippen molar-refractivity contribution in [2.45, 2.75) is 57.4 Å². The van der Waals surface area contributed by atoms with Crippen LogP contribution in [0.3, 0.4) is 0 Å². The summed E-state index contributed by atoms with van der Waals surface area (Å²) < 4.78 is 5.38. The maximum Gasteiger partial charge on any atom is 0.231 e. The van der Waals surface area contributed by atoms with Crippen LogP contribution in [0.25, 0.3) is 0 Å². The number of nitrogens with one attached hydrogen (secondary N) is 1. The average Bonchev–Trinajstić information content (AvgIpc) is 2.66. The molecule has 90 valence electrons. The van der Waals surface area contributed by atoms with Crippen LogP contribution in [0, 0.1) is 0 Å². The van der Waals surface area contributed by atoms with Crippen LogP contribution in [0.4, 0.5) is 0 Å². The summed E-state index contributed by atoms with van der Waals surface area (Å²) in [6.07, 6.45) is 7.12. The minimum absolute atomic E-state index is 0.403. The van der Waals surface area contributed by atoms with Crippen LogP contribution in [-0.2, 0) is 6.42 Å².